The molecule has 6 heteroatoms. The van der Waals surface area contributed by atoms with Crippen LogP contribution < -0.4 is 5.73 Å². The van der Waals surface area contributed by atoms with Crippen molar-refractivity contribution in [1.82, 2.24) is 9.80 Å². The van der Waals surface area contributed by atoms with E-state index >= 15 is 0 Å². The number of amides is 1. The highest BCUT2D eigenvalue weighted by molar-refractivity contribution is 5.76. The minimum absolute atomic E-state index is 0.153. The Morgan fingerprint density at radius 2 is 1.84 bits per heavy atom. The Hall–Kier alpha value is -1.14. The maximum absolute atomic E-state index is 11.9. The van der Waals surface area contributed by atoms with Crippen molar-refractivity contribution in [3.63, 3.8) is 0 Å². The van der Waals surface area contributed by atoms with Gasteiger partial charge in [-0.05, 0) is 19.8 Å². The van der Waals surface area contributed by atoms with Gasteiger partial charge in [-0.25, -0.2) is 0 Å². The number of nitrogens with zero attached hydrogens (tertiary/aromatic N) is 2. The van der Waals surface area contributed by atoms with E-state index in [2.05, 4.69) is 4.90 Å². The monoisotopic (exact) mass is 271 g/mol. The summed E-state index contributed by atoms with van der Waals surface area (Å²) in [5, 5.41) is 8.62. The SMILES string of the molecule is CC(N)CCCC(=O)N1CCN(CCC(=O)O)CC1. The fourth-order valence-electron chi connectivity index (χ4n) is 2.21. The van der Waals surface area contributed by atoms with Crippen molar-refractivity contribution in [2.24, 2.45) is 5.73 Å². The molecule has 1 saturated heterocycles. The van der Waals surface area contributed by atoms with Crippen LogP contribution in [-0.2, 0) is 9.59 Å². The van der Waals surface area contributed by atoms with Gasteiger partial charge in [0.15, 0.2) is 0 Å². The maximum atomic E-state index is 11.9. The second-order valence-electron chi connectivity index (χ2n) is 5.24. The van der Waals surface area contributed by atoms with E-state index in [1.54, 1.807) is 0 Å². The lowest BCUT2D eigenvalue weighted by Crippen LogP contribution is -2.49. The summed E-state index contributed by atoms with van der Waals surface area (Å²) >= 11 is 0. The third kappa shape index (κ3) is 6.54. The molecular formula is C13H25N3O3. The lowest BCUT2D eigenvalue weighted by Gasteiger charge is -2.34. The molecule has 0 aromatic carbocycles. The number of carboxylic acids is 1. The second kappa shape index (κ2) is 8.12. The predicted octanol–water partition coefficient (Wildman–Crippen LogP) is 0.123. The van der Waals surface area contributed by atoms with Crippen LogP contribution in [0.3, 0.4) is 0 Å². The van der Waals surface area contributed by atoms with Gasteiger partial charge in [0.25, 0.3) is 0 Å². The summed E-state index contributed by atoms with van der Waals surface area (Å²) in [6, 6.07) is 0.153. The minimum Gasteiger partial charge on any atom is -0.481 e. The Kier molecular flexibility index (Phi) is 6.80. The van der Waals surface area contributed by atoms with Gasteiger partial charge in [0.2, 0.25) is 5.91 Å². The van der Waals surface area contributed by atoms with Gasteiger partial charge in [-0.15, -0.1) is 0 Å². The lowest BCUT2D eigenvalue weighted by atomic mass is 10.1. The Morgan fingerprint density at radius 3 is 2.37 bits per heavy atom. The number of hydrogen-bond acceptors (Lipinski definition) is 4. The van der Waals surface area contributed by atoms with Crippen LogP contribution in [0.15, 0.2) is 0 Å². The molecule has 0 spiro atoms. The summed E-state index contributed by atoms with van der Waals surface area (Å²) in [5.74, 6) is -0.576. The zero-order chi connectivity index (χ0) is 14.3. The number of nitrogens with two attached hydrogens (primary N) is 1. The van der Waals surface area contributed by atoms with Gasteiger partial charge in [-0.1, -0.05) is 0 Å². The molecule has 110 valence electrons. The number of rotatable bonds is 7. The molecular weight excluding hydrogens is 246 g/mol. The third-order valence-corrected chi connectivity index (χ3v) is 3.42. The van der Waals surface area contributed by atoms with E-state index in [4.69, 9.17) is 10.8 Å². The van der Waals surface area contributed by atoms with Gasteiger partial charge >= 0.3 is 5.97 Å². The van der Waals surface area contributed by atoms with E-state index in [-0.39, 0.29) is 18.4 Å². The molecule has 1 unspecified atom stereocenters. The molecule has 0 aliphatic carbocycles. The lowest BCUT2D eigenvalue weighted by molar-refractivity contribution is -0.138. The fraction of sp³-hybridized carbons (Fsp3) is 0.846. The normalized spacial score (nSPS) is 18.3. The summed E-state index contributed by atoms with van der Waals surface area (Å²) < 4.78 is 0. The molecule has 1 aliphatic heterocycles. The summed E-state index contributed by atoms with van der Waals surface area (Å²) in [6.45, 7) is 5.47. The number of aliphatic carboxylic acids is 1. The molecule has 1 amide bonds. The Morgan fingerprint density at radius 1 is 1.21 bits per heavy atom. The number of piperazine rings is 1. The van der Waals surface area contributed by atoms with E-state index < -0.39 is 5.97 Å². The predicted molar refractivity (Wildman–Crippen MR) is 72.8 cm³/mol. The summed E-state index contributed by atoms with van der Waals surface area (Å²) in [5.41, 5.74) is 5.65. The summed E-state index contributed by atoms with van der Waals surface area (Å²) in [6.07, 6.45) is 2.46. The maximum Gasteiger partial charge on any atom is 0.304 e. The first kappa shape index (κ1) is 15.9. The van der Waals surface area contributed by atoms with Gasteiger partial charge in [0, 0.05) is 45.2 Å². The fourth-order valence-corrected chi connectivity index (χ4v) is 2.21. The van der Waals surface area contributed by atoms with Crippen LogP contribution >= 0.6 is 0 Å². The van der Waals surface area contributed by atoms with Crippen LogP contribution in [0, 0.1) is 0 Å². The highest BCUT2D eigenvalue weighted by Crippen LogP contribution is 2.07. The topological polar surface area (TPSA) is 86.9 Å². The molecule has 0 bridgehead atoms. The molecule has 0 radical (unpaired) electrons. The van der Waals surface area contributed by atoms with Crippen molar-refractivity contribution in [3.8, 4) is 0 Å². The van der Waals surface area contributed by atoms with Crippen molar-refractivity contribution in [1.29, 1.82) is 0 Å². The number of hydrogen-bond donors (Lipinski definition) is 2. The molecule has 1 fully saturated rings. The van der Waals surface area contributed by atoms with Crippen molar-refractivity contribution >= 4 is 11.9 Å². The quantitative estimate of drug-likeness (QED) is 0.687. The Labute approximate surface area is 114 Å². The van der Waals surface area contributed by atoms with Crippen LogP contribution in [0.25, 0.3) is 0 Å². The highest BCUT2D eigenvalue weighted by Gasteiger charge is 2.20. The van der Waals surface area contributed by atoms with Gasteiger partial charge in [-0.2, -0.15) is 0 Å². The molecule has 1 aliphatic rings. The van der Waals surface area contributed by atoms with E-state index in [1.807, 2.05) is 11.8 Å². The van der Waals surface area contributed by atoms with E-state index in [0.29, 0.717) is 26.1 Å². The van der Waals surface area contributed by atoms with E-state index in [9.17, 15) is 9.59 Å². The minimum atomic E-state index is -0.769. The Balaban J connectivity index is 2.18. The van der Waals surface area contributed by atoms with Crippen LogP contribution in [0.2, 0.25) is 0 Å². The zero-order valence-corrected chi connectivity index (χ0v) is 11.7. The molecule has 0 saturated carbocycles. The Bertz CT molecular complexity index is 300. The third-order valence-electron chi connectivity index (χ3n) is 3.42. The van der Waals surface area contributed by atoms with Gasteiger partial charge < -0.3 is 15.7 Å². The van der Waals surface area contributed by atoms with Crippen LogP contribution in [0.4, 0.5) is 0 Å². The van der Waals surface area contributed by atoms with Gasteiger partial charge in [0.1, 0.15) is 0 Å². The molecule has 3 N–H and O–H groups in total. The van der Waals surface area contributed by atoms with Gasteiger partial charge in [-0.3, -0.25) is 14.5 Å². The first-order valence-corrected chi connectivity index (χ1v) is 6.96. The number of carbonyl (C=O) groups is 2. The van der Waals surface area contributed by atoms with Crippen molar-refractivity contribution < 1.29 is 14.7 Å². The average molecular weight is 271 g/mol. The molecule has 0 aromatic heterocycles. The first-order chi connectivity index (χ1) is 8.99. The van der Waals surface area contributed by atoms with Crippen LogP contribution in [0.1, 0.15) is 32.6 Å². The zero-order valence-electron chi connectivity index (χ0n) is 11.7. The molecule has 1 atom stereocenters. The molecule has 0 aromatic rings. The van der Waals surface area contributed by atoms with Crippen LogP contribution in [0.5, 0.6) is 0 Å². The second-order valence-corrected chi connectivity index (χ2v) is 5.24. The van der Waals surface area contributed by atoms with Crippen LogP contribution in [-0.4, -0.2) is 65.5 Å². The average Bonchev–Trinajstić information content (AvgIpc) is 2.36. The molecule has 1 heterocycles. The van der Waals surface area contributed by atoms with E-state index in [1.165, 1.54) is 0 Å². The highest BCUT2D eigenvalue weighted by atomic mass is 16.4. The number of carboxylic acid groups (broad SMARTS) is 1. The molecule has 1 rings (SSSR count). The number of carbonyl (C=O) groups excluding carboxylic acids is 1. The summed E-state index contributed by atoms with van der Waals surface area (Å²) in [4.78, 5) is 26.4. The van der Waals surface area contributed by atoms with Crippen molar-refractivity contribution in [3.05, 3.63) is 0 Å². The summed E-state index contributed by atoms with van der Waals surface area (Å²) in [7, 11) is 0. The molecule has 6 nitrogen and oxygen atoms in total. The largest absolute Gasteiger partial charge is 0.481 e. The first-order valence-electron chi connectivity index (χ1n) is 6.96. The van der Waals surface area contributed by atoms with Gasteiger partial charge in [0.05, 0.1) is 6.42 Å². The standard InChI is InChI=1S/C13H25N3O3/c1-11(14)3-2-4-12(17)16-9-7-15(8-10-16)6-5-13(18)19/h11H,2-10,14H2,1H3,(H,18,19). The smallest absolute Gasteiger partial charge is 0.304 e. The van der Waals surface area contributed by atoms with Crippen molar-refractivity contribution in [2.75, 3.05) is 32.7 Å². The molecule has 19 heavy (non-hydrogen) atoms. The van der Waals surface area contributed by atoms with E-state index in [0.717, 1.165) is 25.9 Å². The van der Waals surface area contributed by atoms with Crippen molar-refractivity contribution in [2.45, 2.75) is 38.6 Å².